The third kappa shape index (κ3) is 5.31. The van der Waals surface area contributed by atoms with Crippen LogP contribution in [0.5, 0.6) is 17.2 Å². The van der Waals surface area contributed by atoms with E-state index in [9.17, 15) is 42.6 Å². The SMILES string of the molecule is COc1cccc2c1C(=O)c1c(O)c3c(c(O)c1C2=O)C[C@@]1(C[C@@H]3O[C@H]2CC(NC(=O)C(F)(F)F)C(N=[N+]=[N-])[C@H](C)O2)OCOCC1=O. The number of hydrogen-bond donors (Lipinski definition) is 3. The number of methoxy groups -OCH3 is 1. The van der Waals surface area contributed by atoms with Crippen molar-refractivity contribution in [2.24, 2.45) is 5.11 Å². The largest absolute Gasteiger partial charge is 0.507 e. The lowest BCUT2D eigenvalue weighted by molar-refractivity contribution is -0.244. The van der Waals surface area contributed by atoms with Gasteiger partial charge in [0, 0.05) is 46.9 Å². The van der Waals surface area contributed by atoms with Crippen molar-refractivity contribution < 1.29 is 66.2 Å². The molecule has 18 heteroatoms. The van der Waals surface area contributed by atoms with Crippen LogP contribution < -0.4 is 10.1 Å². The van der Waals surface area contributed by atoms with Crippen LogP contribution in [0.3, 0.4) is 0 Å². The van der Waals surface area contributed by atoms with Gasteiger partial charge >= 0.3 is 12.1 Å². The smallest absolute Gasteiger partial charge is 0.471 e. The monoisotopic (exact) mass is 676 g/mol. The average Bonchev–Trinajstić information content (AvgIpc) is 3.03. The first kappa shape index (κ1) is 33.2. The molecule has 48 heavy (non-hydrogen) atoms. The summed E-state index contributed by atoms with van der Waals surface area (Å²) in [7, 11) is 1.28. The Morgan fingerprint density at radius 3 is 2.54 bits per heavy atom. The second-order valence-electron chi connectivity index (χ2n) is 11.7. The molecule has 4 aliphatic rings. The van der Waals surface area contributed by atoms with Gasteiger partial charge in [-0.25, -0.2) is 0 Å². The number of hydrogen-bond acceptors (Lipinski definition) is 12. The molecule has 15 nitrogen and oxygen atoms in total. The molecule has 6 rings (SSSR count). The first-order valence-corrected chi connectivity index (χ1v) is 14.6. The van der Waals surface area contributed by atoms with Crippen LogP contribution in [0, 0.1) is 0 Å². The van der Waals surface area contributed by atoms with Gasteiger partial charge in [0.1, 0.15) is 36.2 Å². The fourth-order valence-electron chi connectivity index (χ4n) is 6.79. The zero-order chi connectivity index (χ0) is 34.7. The van der Waals surface area contributed by atoms with Crippen molar-refractivity contribution in [3.63, 3.8) is 0 Å². The molecular weight excluding hydrogens is 649 g/mol. The lowest BCUT2D eigenvalue weighted by Crippen LogP contribution is -2.57. The molecule has 254 valence electrons. The van der Waals surface area contributed by atoms with Crippen LogP contribution in [0.4, 0.5) is 13.2 Å². The number of ether oxygens (including phenoxy) is 5. The number of rotatable bonds is 5. The zero-order valence-electron chi connectivity index (χ0n) is 25.2. The quantitative estimate of drug-likeness (QED) is 0.154. The van der Waals surface area contributed by atoms with Gasteiger partial charge in [0.2, 0.25) is 5.78 Å². The molecule has 2 saturated heterocycles. The maximum Gasteiger partial charge on any atom is 0.471 e. The Labute approximate surface area is 268 Å². The molecule has 2 aromatic carbocycles. The molecular formula is C30H27F3N4O11. The number of fused-ring (bicyclic) bond motifs is 3. The number of alkyl halides is 3. The van der Waals surface area contributed by atoms with Crippen LogP contribution in [-0.4, -0.2) is 90.2 Å². The van der Waals surface area contributed by atoms with Crippen molar-refractivity contribution in [2.75, 3.05) is 20.5 Å². The molecule has 1 spiro atoms. The van der Waals surface area contributed by atoms with Crippen LogP contribution in [0.1, 0.15) is 68.8 Å². The number of halogens is 3. The van der Waals surface area contributed by atoms with E-state index in [-0.39, 0.29) is 54.2 Å². The Balaban J connectivity index is 1.45. The third-order valence-corrected chi connectivity index (χ3v) is 9.00. The highest BCUT2D eigenvalue weighted by Crippen LogP contribution is 2.53. The number of azide groups is 1. The number of phenolic OH excluding ortho intramolecular Hbond substituents is 2. The van der Waals surface area contributed by atoms with Crippen molar-refractivity contribution >= 4 is 23.3 Å². The standard InChI is InChI=1S/C30H27F3N4O11/c1-11-23(36-37-34)14(35-28(43)30(31,32)33)6-18(47-11)48-16-8-29(17(38)9-45-10-46-29)7-13-20(16)27(42)22-21(25(13)40)24(39)12-4-3-5-15(44-2)19(12)26(22)41/h3-5,11,14,16,18,23,40,42H,6-10H2,1-2H3,(H,35,43)/t11-,14?,16-,18-,23?,29-/m0/s1. The van der Waals surface area contributed by atoms with Gasteiger partial charge in [-0.05, 0) is 18.5 Å². The number of nitrogens with zero attached hydrogens (tertiary/aromatic N) is 3. The molecule has 2 aliphatic carbocycles. The van der Waals surface area contributed by atoms with E-state index in [1.165, 1.54) is 32.2 Å². The molecule has 0 saturated carbocycles. The van der Waals surface area contributed by atoms with Gasteiger partial charge < -0.3 is 39.2 Å². The number of nitrogens with one attached hydrogen (secondary N) is 1. The molecule has 2 unspecified atom stereocenters. The third-order valence-electron chi connectivity index (χ3n) is 9.00. The van der Waals surface area contributed by atoms with E-state index >= 15 is 0 Å². The van der Waals surface area contributed by atoms with Gasteiger partial charge in [-0.3, -0.25) is 19.2 Å². The van der Waals surface area contributed by atoms with E-state index in [1.807, 2.05) is 0 Å². The molecule has 2 aromatic rings. The first-order valence-electron chi connectivity index (χ1n) is 14.6. The van der Waals surface area contributed by atoms with Crippen molar-refractivity contribution in [3.05, 3.63) is 62.0 Å². The number of phenols is 2. The Morgan fingerprint density at radius 2 is 1.88 bits per heavy atom. The summed E-state index contributed by atoms with van der Waals surface area (Å²) in [6.45, 7) is 0.644. The van der Waals surface area contributed by atoms with Gasteiger partial charge in [-0.2, -0.15) is 13.2 Å². The summed E-state index contributed by atoms with van der Waals surface area (Å²) in [6, 6.07) is 1.55. The lowest BCUT2D eigenvalue weighted by Gasteiger charge is -2.45. The highest BCUT2D eigenvalue weighted by molar-refractivity contribution is 6.31. The van der Waals surface area contributed by atoms with Crippen LogP contribution in [0.15, 0.2) is 23.3 Å². The summed E-state index contributed by atoms with van der Waals surface area (Å²) >= 11 is 0. The summed E-state index contributed by atoms with van der Waals surface area (Å²) in [6.07, 6.45) is -10.5. The molecule has 2 heterocycles. The Hall–Kier alpha value is -4.74. The highest BCUT2D eigenvalue weighted by Gasteiger charge is 2.53. The number of carbonyl (C=O) groups excluding carboxylic acids is 4. The van der Waals surface area contributed by atoms with E-state index in [1.54, 1.807) is 5.32 Å². The fraction of sp³-hybridized carbons (Fsp3) is 0.467. The number of carbonyl (C=O) groups is 4. The van der Waals surface area contributed by atoms with Crippen molar-refractivity contribution in [1.82, 2.24) is 5.32 Å². The molecule has 0 aromatic heterocycles. The summed E-state index contributed by atoms with van der Waals surface area (Å²) in [5, 5.41) is 28.6. The fourth-order valence-corrected chi connectivity index (χ4v) is 6.79. The highest BCUT2D eigenvalue weighted by atomic mass is 19.4. The van der Waals surface area contributed by atoms with Crippen LogP contribution in [0.2, 0.25) is 0 Å². The lowest BCUT2D eigenvalue weighted by atomic mass is 9.71. The second kappa shape index (κ2) is 12.1. The summed E-state index contributed by atoms with van der Waals surface area (Å²) < 4.78 is 67.6. The minimum atomic E-state index is -5.26. The van der Waals surface area contributed by atoms with Crippen LogP contribution >= 0.6 is 0 Å². The van der Waals surface area contributed by atoms with Crippen LogP contribution in [0.25, 0.3) is 10.4 Å². The zero-order valence-corrected chi connectivity index (χ0v) is 25.2. The van der Waals surface area contributed by atoms with Gasteiger partial charge in [-0.1, -0.05) is 17.2 Å². The maximum atomic E-state index is 13.9. The average molecular weight is 677 g/mol. The van der Waals surface area contributed by atoms with Gasteiger partial charge in [-0.15, -0.1) is 0 Å². The molecule has 1 amide bonds. The maximum absolute atomic E-state index is 13.9. The molecule has 3 N–H and O–H groups in total. The minimum Gasteiger partial charge on any atom is -0.507 e. The first-order chi connectivity index (χ1) is 22.7. The van der Waals surface area contributed by atoms with Crippen molar-refractivity contribution in [3.8, 4) is 17.2 Å². The van der Waals surface area contributed by atoms with Crippen molar-refractivity contribution in [1.29, 1.82) is 0 Å². The predicted molar refractivity (Wildman–Crippen MR) is 151 cm³/mol. The minimum absolute atomic E-state index is 0.0344. The van der Waals surface area contributed by atoms with Gasteiger partial charge in [0.25, 0.3) is 0 Å². The molecule has 2 fully saturated rings. The summed E-state index contributed by atoms with van der Waals surface area (Å²) in [5.41, 5.74) is 5.64. The predicted octanol–water partition coefficient (Wildman–Crippen LogP) is 3.06. The normalized spacial score (nSPS) is 28.2. The molecule has 6 atom stereocenters. The topological polar surface area (TPSA) is 216 Å². The Kier molecular flexibility index (Phi) is 8.33. The van der Waals surface area contributed by atoms with E-state index in [2.05, 4.69) is 10.0 Å². The van der Waals surface area contributed by atoms with E-state index in [4.69, 9.17) is 29.2 Å². The number of benzene rings is 2. The van der Waals surface area contributed by atoms with E-state index in [0.29, 0.717) is 0 Å². The summed E-state index contributed by atoms with van der Waals surface area (Å²) in [4.78, 5) is 55.4. The Morgan fingerprint density at radius 1 is 1.15 bits per heavy atom. The number of Topliss-reactive ketones (excluding diaryl/α,β-unsaturated/α-hetero) is 1. The molecule has 0 radical (unpaired) electrons. The number of ketones is 3. The van der Waals surface area contributed by atoms with Crippen molar-refractivity contribution in [2.45, 2.75) is 68.5 Å². The number of aromatic hydroxyl groups is 2. The second-order valence-corrected chi connectivity index (χ2v) is 11.7. The van der Waals surface area contributed by atoms with E-state index in [0.717, 1.165) is 0 Å². The molecule has 0 bridgehead atoms. The number of amides is 1. The summed E-state index contributed by atoms with van der Waals surface area (Å²) in [5.74, 6) is -5.94. The Bertz CT molecular complexity index is 1790. The van der Waals surface area contributed by atoms with Crippen LogP contribution in [-0.2, 0) is 35.0 Å². The van der Waals surface area contributed by atoms with Gasteiger partial charge in [0.15, 0.2) is 17.9 Å². The van der Waals surface area contributed by atoms with Gasteiger partial charge in [0.05, 0.1) is 42.0 Å². The molecule has 2 aliphatic heterocycles. The van der Waals surface area contributed by atoms with E-state index < -0.39 is 94.7 Å².